The Labute approximate surface area is 92.1 Å². The molecule has 1 aromatic carbocycles. The van der Waals surface area contributed by atoms with Crippen molar-refractivity contribution in [2.75, 3.05) is 7.11 Å². The van der Waals surface area contributed by atoms with E-state index in [1.807, 2.05) is 0 Å². The van der Waals surface area contributed by atoms with Gasteiger partial charge in [-0.15, -0.1) is 0 Å². The van der Waals surface area contributed by atoms with Crippen LogP contribution in [-0.2, 0) is 4.79 Å². The lowest BCUT2D eigenvalue weighted by atomic mass is 10.2. The second-order valence-corrected chi connectivity index (χ2v) is 3.31. The number of ether oxygens (including phenoxy) is 1. The van der Waals surface area contributed by atoms with Crippen LogP contribution < -0.4 is 4.74 Å². The predicted molar refractivity (Wildman–Crippen MR) is 57.9 cm³/mol. The molecule has 0 unspecified atom stereocenters. The first-order valence-corrected chi connectivity index (χ1v) is 4.59. The first-order valence-electron chi connectivity index (χ1n) is 3.84. The normalized spacial score (nSPS) is 11.2. The molecule has 0 heterocycles. The topological polar surface area (TPSA) is 26.3 Å². The number of benzene rings is 1. The van der Waals surface area contributed by atoms with Crippen LogP contribution in [-0.4, -0.2) is 13.4 Å². The van der Waals surface area contributed by atoms with Crippen LogP contribution in [0, 0.1) is 0 Å². The summed E-state index contributed by atoms with van der Waals surface area (Å²) in [7, 11) is 1.53. The Hall–Kier alpha value is -0.990. The van der Waals surface area contributed by atoms with E-state index in [-0.39, 0.29) is 0 Å². The molecule has 0 spiro atoms. The number of methoxy groups -OCH3 is 1. The SMILES string of the molecule is COc1ccc(C(Cl)=CC=O)cc1Cl. The minimum atomic E-state index is 0.351. The lowest BCUT2D eigenvalue weighted by molar-refractivity contribution is -0.104. The number of allylic oxidation sites excluding steroid dienone is 1. The van der Waals surface area contributed by atoms with E-state index in [0.717, 1.165) is 0 Å². The minimum Gasteiger partial charge on any atom is -0.495 e. The summed E-state index contributed by atoms with van der Waals surface area (Å²) in [5.41, 5.74) is 0.685. The van der Waals surface area contributed by atoms with E-state index >= 15 is 0 Å². The summed E-state index contributed by atoms with van der Waals surface area (Å²) in [4.78, 5) is 10.2. The van der Waals surface area contributed by atoms with Crippen molar-refractivity contribution in [3.63, 3.8) is 0 Å². The summed E-state index contributed by atoms with van der Waals surface area (Å²) < 4.78 is 4.98. The number of rotatable bonds is 3. The van der Waals surface area contributed by atoms with E-state index in [2.05, 4.69) is 0 Å². The van der Waals surface area contributed by atoms with E-state index in [1.54, 1.807) is 18.2 Å². The van der Waals surface area contributed by atoms with Crippen LogP contribution in [0.25, 0.3) is 5.03 Å². The summed E-state index contributed by atoms with van der Waals surface area (Å²) in [5.74, 6) is 0.575. The van der Waals surface area contributed by atoms with Crippen molar-refractivity contribution in [1.29, 1.82) is 0 Å². The molecule has 0 amide bonds. The zero-order valence-electron chi connectivity index (χ0n) is 7.46. The van der Waals surface area contributed by atoms with E-state index in [9.17, 15) is 4.79 Å². The first-order chi connectivity index (χ1) is 6.69. The van der Waals surface area contributed by atoms with Gasteiger partial charge in [-0.1, -0.05) is 23.2 Å². The Bertz CT molecular complexity index is 372. The van der Waals surface area contributed by atoms with Crippen LogP contribution in [0.15, 0.2) is 24.3 Å². The molecular formula is C10H8Cl2O2. The lowest BCUT2D eigenvalue weighted by Crippen LogP contribution is -1.85. The molecule has 0 aliphatic heterocycles. The van der Waals surface area contributed by atoms with E-state index in [4.69, 9.17) is 27.9 Å². The van der Waals surface area contributed by atoms with Crippen molar-refractivity contribution >= 4 is 34.5 Å². The van der Waals surface area contributed by atoms with Crippen molar-refractivity contribution in [2.24, 2.45) is 0 Å². The van der Waals surface area contributed by atoms with Gasteiger partial charge in [-0.2, -0.15) is 0 Å². The second-order valence-electron chi connectivity index (χ2n) is 2.50. The van der Waals surface area contributed by atoms with Crippen molar-refractivity contribution in [2.45, 2.75) is 0 Å². The maximum atomic E-state index is 10.2. The maximum Gasteiger partial charge on any atom is 0.144 e. The van der Waals surface area contributed by atoms with Gasteiger partial charge in [-0.3, -0.25) is 4.79 Å². The van der Waals surface area contributed by atoms with Gasteiger partial charge in [0.15, 0.2) is 0 Å². The average Bonchev–Trinajstić information content (AvgIpc) is 2.18. The molecule has 0 saturated carbocycles. The number of aldehydes is 1. The van der Waals surface area contributed by atoms with Gasteiger partial charge >= 0.3 is 0 Å². The van der Waals surface area contributed by atoms with E-state index in [1.165, 1.54) is 13.2 Å². The lowest BCUT2D eigenvalue weighted by Gasteiger charge is -2.04. The zero-order valence-corrected chi connectivity index (χ0v) is 8.97. The van der Waals surface area contributed by atoms with Gasteiger partial charge < -0.3 is 4.74 Å². The van der Waals surface area contributed by atoms with E-state index in [0.29, 0.717) is 27.7 Å². The van der Waals surface area contributed by atoms with Crippen LogP contribution in [0.4, 0.5) is 0 Å². The van der Waals surface area contributed by atoms with Gasteiger partial charge in [-0.25, -0.2) is 0 Å². The van der Waals surface area contributed by atoms with Crippen LogP contribution in [0.2, 0.25) is 5.02 Å². The van der Waals surface area contributed by atoms with Crippen LogP contribution in [0.3, 0.4) is 0 Å². The highest BCUT2D eigenvalue weighted by Gasteiger charge is 2.03. The molecule has 0 aliphatic rings. The van der Waals surface area contributed by atoms with Gasteiger partial charge in [0.05, 0.1) is 17.2 Å². The van der Waals surface area contributed by atoms with E-state index < -0.39 is 0 Å². The third-order valence-electron chi connectivity index (χ3n) is 1.64. The fraction of sp³-hybridized carbons (Fsp3) is 0.100. The highest BCUT2D eigenvalue weighted by molar-refractivity contribution is 6.49. The van der Waals surface area contributed by atoms with Crippen LogP contribution >= 0.6 is 23.2 Å². The molecule has 14 heavy (non-hydrogen) atoms. The summed E-state index contributed by atoms with van der Waals surface area (Å²) in [6.45, 7) is 0. The zero-order chi connectivity index (χ0) is 10.6. The standard InChI is InChI=1S/C10H8Cl2O2/c1-14-10-3-2-7(6-9(10)12)8(11)4-5-13/h2-6H,1H3. The molecular weight excluding hydrogens is 223 g/mol. The highest BCUT2D eigenvalue weighted by Crippen LogP contribution is 2.29. The molecule has 2 nitrogen and oxygen atoms in total. The summed E-state index contributed by atoms with van der Waals surface area (Å²) in [6.07, 6.45) is 1.89. The molecule has 0 fully saturated rings. The molecule has 0 radical (unpaired) electrons. The molecule has 4 heteroatoms. The molecule has 0 bridgehead atoms. The molecule has 0 aromatic heterocycles. The number of carbonyl (C=O) groups excluding carboxylic acids is 1. The third-order valence-corrected chi connectivity index (χ3v) is 2.28. The Kier molecular flexibility index (Phi) is 3.98. The first kappa shape index (κ1) is 11.1. The van der Waals surface area contributed by atoms with Gasteiger partial charge in [0.1, 0.15) is 12.0 Å². The van der Waals surface area contributed by atoms with Crippen molar-refractivity contribution < 1.29 is 9.53 Å². The average molecular weight is 231 g/mol. The number of carbonyl (C=O) groups is 1. The molecule has 74 valence electrons. The van der Waals surface area contributed by atoms with Gasteiger partial charge in [0.2, 0.25) is 0 Å². The van der Waals surface area contributed by atoms with Gasteiger partial charge in [0, 0.05) is 0 Å². The predicted octanol–water partition coefficient (Wildman–Crippen LogP) is 3.13. The second kappa shape index (κ2) is 5.03. The maximum absolute atomic E-state index is 10.2. The van der Waals surface area contributed by atoms with Crippen molar-refractivity contribution in [3.05, 3.63) is 34.9 Å². The fourth-order valence-electron chi connectivity index (χ4n) is 0.971. The molecule has 1 aromatic rings. The minimum absolute atomic E-state index is 0.351. The molecule has 0 N–H and O–H groups in total. The Balaban J connectivity index is 3.08. The largest absolute Gasteiger partial charge is 0.495 e. The highest BCUT2D eigenvalue weighted by atomic mass is 35.5. The Morgan fingerprint density at radius 3 is 2.71 bits per heavy atom. The molecule has 0 aliphatic carbocycles. The summed E-state index contributed by atoms with van der Waals surface area (Å²) in [5, 5.41) is 0.812. The smallest absolute Gasteiger partial charge is 0.144 e. The third kappa shape index (κ3) is 2.50. The van der Waals surface area contributed by atoms with Crippen LogP contribution in [0.1, 0.15) is 5.56 Å². The molecule has 0 atom stereocenters. The monoisotopic (exact) mass is 230 g/mol. The summed E-state index contributed by atoms with van der Waals surface area (Å²) >= 11 is 11.7. The number of halogens is 2. The number of hydrogen-bond donors (Lipinski definition) is 0. The number of hydrogen-bond acceptors (Lipinski definition) is 2. The molecule has 1 rings (SSSR count). The van der Waals surface area contributed by atoms with Crippen molar-refractivity contribution in [3.8, 4) is 5.75 Å². The van der Waals surface area contributed by atoms with Crippen molar-refractivity contribution in [1.82, 2.24) is 0 Å². The van der Waals surface area contributed by atoms with Crippen LogP contribution in [0.5, 0.6) is 5.75 Å². The van der Waals surface area contributed by atoms with Gasteiger partial charge in [-0.05, 0) is 29.8 Å². The molecule has 0 saturated heterocycles. The fourth-order valence-corrected chi connectivity index (χ4v) is 1.40. The van der Waals surface area contributed by atoms with Gasteiger partial charge in [0.25, 0.3) is 0 Å². The Morgan fingerprint density at radius 2 is 2.21 bits per heavy atom. The Morgan fingerprint density at radius 1 is 1.50 bits per heavy atom. The quantitative estimate of drug-likeness (QED) is 0.590. The summed E-state index contributed by atoms with van der Waals surface area (Å²) in [6, 6.07) is 5.06.